The molecule has 1 saturated heterocycles. The van der Waals surface area contributed by atoms with Crippen molar-refractivity contribution in [2.45, 2.75) is 38.1 Å². The molecular formula is C12H19N3O. The molecule has 1 atom stereocenters. The summed E-state index contributed by atoms with van der Waals surface area (Å²) >= 11 is 0. The topological polar surface area (TPSA) is 46.9 Å². The highest BCUT2D eigenvalue weighted by molar-refractivity contribution is 5.95. The average molecular weight is 221 g/mol. The standard InChI is InChI=1S/C12H19N3O/c1-15-9-10(8-14-15)12(16)6-5-11-4-2-3-7-13-11/h8-9,11,13H,2-7H2,1H3. The van der Waals surface area contributed by atoms with Crippen LogP contribution in [0.1, 0.15) is 42.5 Å². The van der Waals surface area contributed by atoms with Gasteiger partial charge in [0.25, 0.3) is 0 Å². The molecule has 1 fully saturated rings. The molecule has 16 heavy (non-hydrogen) atoms. The van der Waals surface area contributed by atoms with E-state index in [2.05, 4.69) is 10.4 Å². The maximum Gasteiger partial charge on any atom is 0.166 e. The fourth-order valence-corrected chi connectivity index (χ4v) is 2.19. The first-order valence-corrected chi connectivity index (χ1v) is 6.01. The molecule has 1 N–H and O–H groups in total. The summed E-state index contributed by atoms with van der Waals surface area (Å²) < 4.78 is 1.67. The van der Waals surface area contributed by atoms with E-state index in [4.69, 9.17) is 0 Å². The van der Waals surface area contributed by atoms with Crippen molar-refractivity contribution in [3.05, 3.63) is 18.0 Å². The zero-order chi connectivity index (χ0) is 11.4. The van der Waals surface area contributed by atoms with Gasteiger partial charge in [-0.3, -0.25) is 9.48 Å². The molecule has 0 aromatic carbocycles. The van der Waals surface area contributed by atoms with Crippen molar-refractivity contribution < 1.29 is 4.79 Å². The Hall–Kier alpha value is -1.16. The molecule has 0 aliphatic carbocycles. The Kier molecular flexibility index (Phi) is 3.72. The highest BCUT2D eigenvalue weighted by Gasteiger charge is 2.15. The number of ketones is 1. The van der Waals surface area contributed by atoms with Crippen molar-refractivity contribution in [3.63, 3.8) is 0 Å². The third-order valence-corrected chi connectivity index (χ3v) is 3.16. The van der Waals surface area contributed by atoms with Crippen LogP contribution in [0.25, 0.3) is 0 Å². The average Bonchev–Trinajstić information content (AvgIpc) is 2.74. The molecule has 4 heteroatoms. The number of nitrogens with zero attached hydrogens (tertiary/aromatic N) is 2. The van der Waals surface area contributed by atoms with Crippen LogP contribution < -0.4 is 5.32 Å². The summed E-state index contributed by atoms with van der Waals surface area (Å²) in [5.74, 6) is 0.209. The summed E-state index contributed by atoms with van der Waals surface area (Å²) in [5, 5.41) is 7.47. The van der Waals surface area contributed by atoms with Crippen LogP contribution in [-0.2, 0) is 7.05 Å². The van der Waals surface area contributed by atoms with Crippen molar-refractivity contribution in [1.29, 1.82) is 0 Å². The van der Waals surface area contributed by atoms with Crippen LogP contribution in [-0.4, -0.2) is 28.2 Å². The minimum atomic E-state index is 0.209. The number of carbonyl (C=O) groups is 1. The SMILES string of the molecule is Cn1cc(C(=O)CCC2CCCCN2)cn1. The Morgan fingerprint density at radius 3 is 3.12 bits per heavy atom. The van der Waals surface area contributed by atoms with Crippen LogP contribution in [0.3, 0.4) is 0 Å². The van der Waals surface area contributed by atoms with Gasteiger partial charge in [-0.1, -0.05) is 6.42 Å². The highest BCUT2D eigenvalue weighted by Crippen LogP contribution is 2.13. The minimum Gasteiger partial charge on any atom is -0.314 e. The van der Waals surface area contributed by atoms with Crippen molar-refractivity contribution in [2.24, 2.45) is 7.05 Å². The van der Waals surface area contributed by atoms with Gasteiger partial charge in [-0.2, -0.15) is 5.10 Å². The number of piperidine rings is 1. The predicted octanol–water partition coefficient (Wildman–Crippen LogP) is 1.53. The monoisotopic (exact) mass is 221 g/mol. The minimum absolute atomic E-state index is 0.209. The van der Waals surface area contributed by atoms with E-state index in [0.29, 0.717) is 12.5 Å². The van der Waals surface area contributed by atoms with E-state index in [1.165, 1.54) is 19.3 Å². The van der Waals surface area contributed by atoms with Gasteiger partial charge < -0.3 is 5.32 Å². The number of rotatable bonds is 4. The van der Waals surface area contributed by atoms with Crippen molar-refractivity contribution in [2.75, 3.05) is 6.54 Å². The number of Topliss-reactive ketones (excluding diaryl/α,β-unsaturated/α-hetero) is 1. The fraction of sp³-hybridized carbons (Fsp3) is 0.667. The van der Waals surface area contributed by atoms with Gasteiger partial charge in [0.15, 0.2) is 5.78 Å². The Morgan fingerprint density at radius 2 is 2.50 bits per heavy atom. The van der Waals surface area contributed by atoms with Gasteiger partial charge in [0.05, 0.1) is 11.8 Å². The Bertz CT molecular complexity index is 353. The molecular weight excluding hydrogens is 202 g/mol. The van der Waals surface area contributed by atoms with Gasteiger partial charge in [-0.25, -0.2) is 0 Å². The second-order valence-electron chi connectivity index (χ2n) is 4.51. The molecule has 2 heterocycles. The van der Waals surface area contributed by atoms with Crippen LogP contribution in [0.15, 0.2) is 12.4 Å². The molecule has 1 unspecified atom stereocenters. The van der Waals surface area contributed by atoms with Gasteiger partial charge in [-0.05, 0) is 25.8 Å². The summed E-state index contributed by atoms with van der Waals surface area (Å²) in [6.07, 6.45) is 8.79. The van der Waals surface area contributed by atoms with Gasteiger partial charge in [0.2, 0.25) is 0 Å². The lowest BCUT2D eigenvalue weighted by Gasteiger charge is -2.22. The quantitative estimate of drug-likeness (QED) is 0.784. The predicted molar refractivity (Wildman–Crippen MR) is 62.4 cm³/mol. The summed E-state index contributed by atoms with van der Waals surface area (Å²) in [6, 6.07) is 0.536. The van der Waals surface area contributed by atoms with E-state index in [0.717, 1.165) is 18.5 Å². The first-order valence-electron chi connectivity index (χ1n) is 6.01. The molecule has 0 radical (unpaired) electrons. The summed E-state index contributed by atoms with van der Waals surface area (Å²) in [5.41, 5.74) is 0.735. The van der Waals surface area contributed by atoms with Gasteiger partial charge in [0, 0.05) is 25.7 Å². The molecule has 4 nitrogen and oxygen atoms in total. The van der Waals surface area contributed by atoms with E-state index in [1.807, 2.05) is 7.05 Å². The third-order valence-electron chi connectivity index (χ3n) is 3.16. The molecule has 0 saturated carbocycles. The lowest BCUT2D eigenvalue weighted by molar-refractivity contribution is 0.0974. The van der Waals surface area contributed by atoms with Gasteiger partial charge in [-0.15, -0.1) is 0 Å². The summed E-state index contributed by atoms with van der Waals surface area (Å²) in [4.78, 5) is 11.8. The first kappa shape index (κ1) is 11.3. The molecule has 0 bridgehead atoms. The zero-order valence-electron chi connectivity index (χ0n) is 9.78. The van der Waals surface area contributed by atoms with Crippen molar-refractivity contribution in [3.8, 4) is 0 Å². The second kappa shape index (κ2) is 5.25. The van der Waals surface area contributed by atoms with E-state index in [1.54, 1.807) is 17.1 Å². The van der Waals surface area contributed by atoms with Crippen LogP contribution >= 0.6 is 0 Å². The number of hydrogen-bond donors (Lipinski definition) is 1. The normalized spacial score (nSPS) is 20.9. The maximum absolute atomic E-state index is 11.8. The maximum atomic E-state index is 11.8. The van der Waals surface area contributed by atoms with Crippen molar-refractivity contribution >= 4 is 5.78 Å². The number of aromatic nitrogens is 2. The molecule has 2 rings (SSSR count). The largest absolute Gasteiger partial charge is 0.314 e. The first-order chi connectivity index (χ1) is 7.75. The highest BCUT2D eigenvalue weighted by atomic mass is 16.1. The molecule has 1 aromatic heterocycles. The lowest BCUT2D eigenvalue weighted by atomic mass is 9.98. The Morgan fingerprint density at radius 1 is 1.62 bits per heavy atom. The number of hydrogen-bond acceptors (Lipinski definition) is 3. The molecule has 1 aliphatic rings. The van der Waals surface area contributed by atoms with Crippen LogP contribution in [0.4, 0.5) is 0 Å². The van der Waals surface area contributed by atoms with Gasteiger partial charge in [0.1, 0.15) is 0 Å². The van der Waals surface area contributed by atoms with E-state index >= 15 is 0 Å². The van der Waals surface area contributed by atoms with Gasteiger partial charge >= 0.3 is 0 Å². The van der Waals surface area contributed by atoms with E-state index in [-0.39, 0.29) is 5.78 Å². The number of aryl methyl sites for hydroxylation is 1. The third kappa shape index (κ3) is 2.92. The molecule has 0 amide bonds. The smallest absolute Gasteiger partial charge is 0.166 e. The Labute approximate surface area is 96.0 Å². The van der Waals surface area contributed by atoms with E-state index < -0.39 is 0 Å². The molecule has 1 aromatic rings. The fourth-order valence-electron chi connectivity index (χ4n) is 2.19. The molecule has 0 spiro atoms. The van der Waals surface area contributed by atoms with Crippen LogP contribution in [0.5, 0.6) is 0 Å². The van der Waals surface area contributed by atoms with Crippen LogP contribution in [0.2, 0.25) is 0 Å². The summed E-state index contributed by atoms with van der Waals surface area (Å²) in [6.45, 7) is 1.10. The zero-order valence-corrected chi connectivity index (χ0v) is 9.78. The van der Waals surface area contributed by atoms with Crippen molar-refractivity contribution in [1.82, 2.24) is 15.1 Å². The molecule has 88 valence electrons. The molecule has 1 aliphatic heterocycles. The van der Waals surface area contributed by atoms with Crippen LogP contribution in [0, 0.1) is 0 Å². The number of nitrogens with one attached hydrogen (secondary N) is 1. The Balaban J connectivity index is 1.79. The lowest BCUT2D eigenvalue weighted by Crippen LogP contribution is -2.34. The van der Waals surface area contributed by atoms with E-state index in [9.17, 15) is 4.79 Å². The second-order valence-corrected chi connectivity index (χ2v) is 4.51. The number of carbonyl (C=O) groups excluding carboxylic acids is 1. The summed E-state index contributed by atoms with van der Waals surface area (Å²) in [7, 11) is 1.83.